The first-order valence-electron chi connectivity index (χ1n) is 6.26. The van der Waals surface area contributed by atoms with E-state index < -0.39 is 35.9 Å². The number of carbonyl (C=O) groups excluding carboxylic acids is 2. The number of amides is 2. The fourth-order valence-electron chi connectivity index (χ4n) is 1.52. The Morgan fingerprint density at radius 2 is 1.67 bits per heavy atom. The highest BCUT2D eigenvalue weighted by molar-refractivity contribution is 6.33. The molecule has 2 aromatic rings. The highest BCUT2D eigenvalue weighted by atomic mass is 35.5. The molecule has 0 radical (unpaired) electrons. The van der Waals surface area contributed by atoms with Crippen LogP contribution in [-0.2, 0) is 0 Å². The lowest BCUT2D eigenvalue weighted by molar-refractivity contribution is 0.0922. The molecular formula is C11H5ClN4O2. The van der Waals surface area contributed by atoms with E-state index in [-0.39, 0.29) is 16.4 Å². The van der Waals surface area contributed by atoms with E-state index in [0.717, 1.165) is 0 Å². The zero-order chi connectivity index (χ0) is 15.3. The van der Waals surface area contributed by atoms with E-state index in [1.807, 2.05) is 0 Å². The van der Waals surface area contributed by atoms with Crippen molar-refractivity contribution in [3.8, 4) is 0 Å². The van der Waals surface area contributed by atoms with Gasteiger partial charge in [0.15, 0.2) is 11.4 Å². The molecule has 0 unspecified atom stereocenters. The topological polar surface area (TPSA) is 76.1 Å². The molecule has 0 aromatic carbocycles. The van der Waals surface area contributed by atoms with Gasteiger partial charge in [-0.15, -0.1) is 0 Å². The summed E-state index contributed by atoms with van der Waals surface area (Å²) in [5.74, 6) is -2.03. The summed E-state index contributed by atoms with van der Waals surface area (Å²) in [5, 5.41) is -0.323. The SMILES string of the molecule is [2H]c1nc(N2C(=O)c3nccnc3C2=O)c([2H])c([2H])c1Cl. The average molecular weight is 264 g/mol. The van der Waals surface area contributed by atoms with Gasteiger partial charge in [0.2, 0.25) is 0 Å². The molecular weight excluding hydrogens is 256 g/mol. The minimum Gasteiger partial charge on any atom is -0.266 e. The maximum Gasteiger partial charge on any atom is 0.287 e. The first-order valence-corrected chi connectivity index (χ1v) is 5.14. The predicted octanol–water partition coefficient (Wildman–Crippen LogP) is 1.33. The monoisotopic (exact) mass is 263 g/mol. The minimum absolute atomic E-state index is 0.156. The Balaban J connectivity index is 2.21. The van der Waals surface area contributed by atoms with Gasteiger partial charge in [-0.05, 0) is 12.1 Å². The molecule has 3 rings (SSSR count). The maximum atomic E-state index is 12.2. The number of hydrogen-bond acceptors (Lipinski definition) is 5. The number of pyridine rings is 1. The molecule has 1 aliphatic heterocycles. The van der Waals surface area contributed by atoms with Gasteiger partial charge in [0.1, 0.15) is 5.82 Å². The highest BCUT2D eigenvalue weighted by Gasteiger charge is 2.39. The zero-order valence-corrected chi connectivity index (χ0v) is 9.39. The van der Waals surface area contributed by atoms with Crippen molar-refractivity contribution in [2.75, 3.05) is 4.90 Å². The molecule has 1 aliphatic rings. The molecule has 0 saturated carbocycles. The van der Waals surface area contributed by atoms with Crippen LogP contribution in [0.15, 0.2) is 30.7 Å². The number of nitrogens with zero attached hydrogens (tertiary/aromatic N) is 4. The molecule has 88 valence electrons. The number of anilines is 1. The summed E-state index contributed by atoms with van der Waals surface area (Å²) in [6.07, 6.45) is 2.03. The number of rotatable bonds is 1. The van der Waals surface area contributed by atoms with Crippen molar-refractivity contribution < 1.29 is 13.7 Å². The molecule has 6 nitrogen and oxygen atoms in total. The van der Waals surface area contributed by atoms with Crippen LogP contribution in [0, 0.1) is 0 Å². The lowest BCUT2D eigenvalue weighted by Crippen LogP contribution is -2.30. The third-order valence-corrected chi connectivity index (χ3v) is 2.44. The summed E-state index contributed by atoms with van der Waals surface area (Å²) in [6, 6.07) is -1.00. The lowest BCUT2D eigenvalue weighted by atomic mass is 10.3. The third-order valence-electron chi connectivity index (χ3n) is 2.27. The third kappa shape index (κ3) is 1.46. The Labute approximate surface area is 110 Å². The van der Waals surface area contributed by atoms with Crippen LogP contribution in [0.1, 0.15) is 25.1 Å². The predicted molar refractivity (Wildman–Crippen MR) is 62.4 cm³/mol. The normalized spacial score (nSPS) is 16.3. The molecule has 0 atom stereocenters. The van der Waals surface area contributed by atoms with Crippen LogP contribution in [0.5, 0.6) is 0 Å². The Kier molecular flexibility index (Phi) is 1.69. The van der Waals surface area contributed by atoms with E-state index in [0.29, 0.717) is 4.90 Å². The second-order valence-corrected chi connectivity index (χ2v) is 3.69. The molecule has 7 heteroatoms. The quantitative estimate of drug-likeness (QED) is 0.726. The van der Waals surface area contributed by atoms with Crippen LogP contribution in [0.25, 0.3) is 0 Å². The van der Waals surface area contributed by atoms with Gasteiger partial charge >= 0.3 is 0 Å². The number of halogens is 1. The first kappa shape index (κ1) is 7.88. The van der Waals surface area contributed by atoms with Crippen LogP contribution >= 0.6 is 11.6 Å². The molecule has 0 spiro atoms. The van der Waals surface area contributed by atoms with E-state index in [1.54, 1.807) is 0 Å². The van der Waals surface area contributed by atoms with Crippen LogP contribution in [0.3, 0.4) is 0 Å². The second-order valence-electron chi connectivity index (χ2n) is 3.31. The summed E-state index contributed by atoms with van der Waals surface area (Å²) in [6.45, 7) is 0. The lowest BCUT2D eigenvalue weighted by Gasteiger charge is -2.11. The second kappa shape index (κ2) is 3.85. The summed E-state index contributed by atoms with van der Waals surface area (Å²) in [5.41, 5.74) is -0.312. The van der Waals surface area contributed by atoms with E-state index in [4.69, 9.17) is 15.7 Å². The van der Waals surface area contributed by atoms with Gasteiger partial charge in [-0.25, -0.2) is 19.9 Å². The number of imide groups is 1. The Hall–Kier alpha value is -2.34. The first-order chi connectivity index (χ1) is 9.93. The van der Waals surface area contributed by atoms with E-state index in [9.17, 15) is 9.59 Å². The Morgan fingerprint density at radius 3 is 2.28 bits per heavy atom. The van der Waals surface area contributed by atoms with Gasteiger partial charge in [-0.2, -0.15) is 0 Å². The van der Waals surface area contributed by atoms with E-state index in [2.05, 4.69) is 15.0 Å². The van der Waals surface area contributed by atoms with Crippen LogP contribution < -0.4 is 4.90 Å². The van der Waals surface area contributed by atoms with Gasteiger partial charge in [0.25, 0.3) is 11.8 Å². The summed E-state index contributed by atoms with van der Waals surface area (Å²) < 4.78 is 22.9. The fraction of sp³-hybridized carbons (Fsp3) is 0. The van der Waals surface area contributed by atoms with E-state index in [1.165, 1.54) is 12.4 Å². The minimum atomic E-state index is -0.801. The number of hydrogen-bond donors (Lipinski definition) is 0. The van der Waals surface area contributed by atoms with Crippen molar-refractivity contribution in [1.82, 2.24) is 15.0 Å². The Bertz CT molecular complexity index is 779. The molecule has 2 amide bonds. The van der Waals surface area contributed by atoms with Crippen molar-refractivity contribution in [3.05, 3.63) is 47.1 Å². The molecule has 0 N–H and O–H groups in total. The van der Waals surface area contributed by atoms with Crippen molar-refractivity contribution in [2.45, 2.75) is 0 Å². The number of fused-ring (bicyclic) bond motifs is 1. The smallest absolute Gasteiger partial charge is 0.266 e. The van der Waals surface area contributed by atoms with Gasteiger partial charge in [-0.1, -0.05) is 11.6 Å². The molecule has 0 fully saturated rings. The van der Waals surface area contributed by atoms with Crippen LogP contribution in [-0.4, -0.2) is 26.8 Å². The van der Waals surface area contributed by atoms with Crippen LogP contribution in [0.2, 0.25) is 5.02 Å². The maximum absolute atomic E-state index is 12.2. The van der Waals surface area contributed by atoms with Crippen molar-refractivity contribution in [2.24, 2.45) is 0 Å². The van der Waals surface area contributed by atoms with E-state index >= 15 is 0 Å². The van der Waals surface area contributed by atoms with Gasteiger partial charge in [0.05, 0.1) is 9.13 Å². The van der Waals surface area contributed by atoms with Gasteiger partial charge in [0, 0.05) is 18.6 Å². The summed E-state index contributed by atoms with van der Waals surface area (Å²) >= 11 is 5.65. The Morgan fingerprint density at radius 1 is 1.06 bits per heavy atom. The fourth-order valence-corrected chi connectivity index (χ4v) is 1.61. The molecule has 3 heterocycles. The highest BCUT2D eigenvalue weighted by Crippen LogP contribution is 2.24. The van der Waals surface area contributed by atoms with Crippen LogP contribution in [0.4, 0.5) is 5.82 Å². The number of carbonyl (C=O) groups is 2. The largest absolute Gasteiger partial charge is 0.287 e. The molecule has 0 bridgehead atoms. The molecule has 0 saturated heterocycles. The van der Waals surface area contributed by atoms with Gasteiger partial charge in [-0.3, -0.25) is 9.59 Å². The zero-order valence-electron chi connectivity index (χ0n) is 11.6. The van der Waals surface area contributed by atoms with Gasteiger partial charge < -0.3 is 0 Å². The molecule has 0 aliphatic carbocycles. The van der Waals surface area contributed by atoms with Crippen molar-refractivity contribution >= 4 is 29.2 Å². The number of aromatic nitrogens is 3. The molecule has 2 aromatic heterocycles. The summed E-state index contributed by atoms with van der Waals surface area (Å²) in [7, 11) is 0. The standard InChI is InChI=1S/C11H5ClN4O2/c12-6-1-2-7(15-5-6)16-10(17)8-9(11(16)18)14-4-3-13-8/h1-5H/i1D,2D,5D. The van der Waals surface area contributed by atoms with Crippen molar-refractivity contribution in [3.63, 3.8) is 0 Å². The summed E-state index contributed by atoms with van der Waals surface area (Å²) in [4.78, 5) is 36.2. The average Bonchev–Trinajstić information content (AvgIpc) is 2.73. The molecule has 18 heavy (non-hydrogen) atoms. The van der Waals surface area contributed by atoms with Crippen molar-refractivity contribution in [1.29, 1.82) is 0 Å².